The Hall–Kier alpha value is -2.22. The second kappa shape index (κ2) is 9.47. The van der Waals surface area contributed by atoms with Crippen LogP contribution in [0.4, 0.5) is 0 Å². The van der Waals surface area contributed by atoms with Crippen LogP contribution in [0.15, 0.2) is 59.5 Å². The van der Waals surface area contributed by atoms with Crippen molar-refractivity contribution in [3.05, 3.63) is 65.7 Å². The van der Waals surface area contributed by atoms with Gasteiger partial charge in [0, 0.05) is 13.1 Å². The van der Waals surface area contributed by atoms with Crippen molar-refractivity contribution < 1.29 is 17.9 Å². The summed E-state index contributed by atoms with van der Waals surface area (Å²) in [5.41, 5.74) is 1.55. The van der Waals surface area contributed by atoms with Crippen LogP contribution in [-0.4, -0.2) is 39.0 Å². The zero-order valence-electron chi connectivity index (χ0n) is 14.8. The Morgan fingerprint density at radius 2 is 1.73 bits per heavy atom. The maximum Gasteiger partial charge on any atom is 0.338 e. The summed E-state index contributed by atoms with van der Waals surface area (Å²) in [6.45, 7) is 5.00. The first-order valence-corrected chi connectivity index (χ1v) is 10.0. The summed E-state index contributed by atoms with van der Waals surface area (Å²) in [6.07, 6.45) is 0.724. The molecule has 0 aliphatic heterocycles. The van der Waals surface area contributed by atoms with E-state index in [1.165, 1.54) is 29.8 Å². The molecule has 26 heavy (non-hydrogen) atoms. The summed E-state index contributed by atoms with van der Waals surface area (Å²) < 4.78 is 27.7. The number of carbonyl (C=O) groups excluding carboxylic acids is 1. The van der Waals surface area contributed by atoms with Gasteiger partial charge in [0.1, 0.15) is 0 Å². The van der Waals surface area contributed by atoms with Crippen LogP contribution in [0.1, 0.15) is 29.3 Å². The lowest BCUT2D eigenvalue weighted by Crippen LogP contribution is -2.25. The smallest absolute Gasteiger partial charge is 0.338 e. The van der Waals surface area contributed by atoms with Crippen molar-refractivity contribution in [3.63, 3.8) is 0 Å². The van der Waals surface area contributed by atoms with Crippen molar-refractivity contribution in [2.45, 2.75) is 24.8 Å². The zero-order chi connectivity index (χ0) is 19.0. The zero-order valence-corrected chi connectivity index (χ0v) is 15.6. The fourth-order valence-corrected chi connectivity index (χ4v) is 3.02. The highest BCUT2D eigenvalue weighted by Crippen LogP contribution is 2.10. The Morgan fingerprint density at radius 1 is 1.08 bits per heavy atom. The molecule has 0 aliphatic rings. The molecule has 0 aromatic heterocycles. The van der Waals surface area contributed by atoms with Gasteiger partial charge in [0.2, 0.25) is 10.0 Å². The summed E-state index contributed by atoms with van der Waals surface area (Å²) in [7, 11) is -3.76. The molecule has 0 amide bonds. The molecular weight excluding hydrogens is 352 g/mol. The molecule has 0 radical (unpaired) electrons. The quantitative estimate of drug-likeness (QED) is 0.536. The van der Waals surface area contributed by atoms with Crippen molar-refractivity contribution in [1.29, 1.82) is 0 Å². The maximum absolute atomic E-state index is 12.0. The molecule has 0 atom stereocenters. The topological polar surface area (TPSA) is 89.7 Å². The molecule has 0 bridgehead atoms. The number of hydrogen-bond donors (Lipinski definition) is 1. The van der Waals surface area contributed by atoms with Gasteiger partial charge in [-0.05, 0) is 42.8 Å². The molecule has 140 valence electrons. The molecule has 0 saturated heterocycles. The van der Waals surface area contributed by atoms with Gasteiger partial charge in [-0.25, -0.2) is 18.4 Å². The fraction of sp³-hybridized carbons (Fsp3) is 0.316. The van der Waals surface area contributed by atoms with E-state index < -0.39 is 16.0 Å². The van der Waals surface area contributed by atoms with E-state index in [9.17, 15) is 13.2 Å². The Labute approximate surface area is 154 Å². The average Bonchev–Trinajstić information content (AvgIpc) is 2.64. The lowest BCUT2D eigenvalue weighted by molar-refractivity contribution is 0.0487. The Bertz CT molecular complexity index is 805. The van der Waals surface area contributed by atoms with Crippen molar-refractivity contribution >= 4 is 16.0 Å². The highest BCUT2D eigenvalue weighted by atomic mass is 32.2. The number of primary sulfonamides is 1. The van der Waals surface area contributed by atoms with Crippen LogP contribution in [-0.2, 0) is 21.3 Å². The number of nitrogens with two attached hydrogens (primary N) is 1. The van der Waals surface area contributed by atoms with E-state index in [4.69, 9.17) is 9.88 Å². The molecule has 7 heteroatoms. The summed E-state index contributed by atoms with van der Waals surface area (Å²) in [5.74, 6) is -0.475. The van der Waals surface area contributed by atoms with E-state index in [1.54, 1.807) is 0 Å². The minimum Gasteiger partial charge on any atom is -0.462 e. The van der Waals surface area contributed by atoms with Crippen LogP contribution in [0.2, 0.25) is 0 Å². The summed E-state index contributed by atoms with van der Waals surface area (Å²) in [6, 6.07) is 15.6. The highest BCUT2D eigenvalue weighted by molar-refractivity contribution is 7.89. The third-order valence-corrected chi connectivity index (χ3v) is 4.90. The monoisotopic (exact) mass is 376 g/mol. The third-order valence-electron chi connectivity index (χ3n) is 3.97. The number of benzene rings is 2. The number of ether oxygens (including phenoxy) is 1. The Kier molecular flexibility index (Phi) is 7.32. The van der Waals surface area contributed by atoms with E-state index >= 15 is 0 Å². The van der Waals surface area contributed by atoms with Crippen molar-refractivity contribution in [3.8, 4) is 0 Å². The average molecular weight is 376 g/mol. The molecule has 0 unspecified atom stereocenters. The van der Waals surface area contributed by atoms with E-state index in [0.717, 1.165) is 26.1 Å². The van der Waals surface area contributed by atoms with Crippen LogP contribution in [0, 0.1) is 0 Å². The van der Waals surface area contributed by atoms with Gasteiger partial charge in [-0.15, -0.1) is 0 Å². The molecule has 0 saturated carbocycles. The van der Waals surface area contributed by atoms with E-state index in [2.05, 4.69) is 24.0 Å². The van der Waals surface area contributed by atoms with Gasteiger partial charge in [-0.2, -0.15) is 0 Å². The van der Waals surface area contributed by atoms with Gasteiger partial charge in [0.25, 0.3) is 0 Å². The van der Waals surface area contributed by atoms with Crippen LogP contribution in [0.3, 0.4) is 0 Å². The maximum atomic E-state index is 12.0. The minimum absolute atomic E-state index is 0.0338. The third kappa shape index (κ3) is 6.25. The SMILES string of the molecule is CCN(CCCOC(=O)c1ccc(S(N)(=O)=O)cc1)Cc1ccccc1. The molecule has 0 fully saturated rings. The first-order chi connectivity index (χ1) is 12.4. The molecule has 0 heterocycles. The van der Waals surface area contributed by atoms with Gasteiger partial charge in [-0.1, -0.05) is 37.3 Å². The second-order valence-corrected chi connectivity index (χ2v) is 7.47. The molecule has 2 aromatic carbocycles. The van der Waals surface area contributed by atoms with Crippen LogP contribution in [0.25, 0.3) is 0 Å². The molecule has 0 aliphatic carbocycles. The van der Waals surface area contributed by atoms with E-state index in [0.29, 0.717) is 12.2 Å². The number of nitrogens with zero attached hydrogens (tertiary/aromatic N) is 1. The summed E-state index contributed by atoms with van der Waals surface area (Å²) >= 11 is 0. The van der Waals surface area contributed by atoms with Gasteiger partial charge in [0.15, 0.2) is 0 Å². The lowest BCUT2D eigenvalue weighted by Gasteiger charge is -2.20. The van der Waals surface area contributed by atoms with Crippen LogP contribution < -0.4 is 5.14 Å². The molecule has 0 spiro atoms. The predicted molar refractivity (Wildman–Crippen MR) is 100 cm³/mol. The normalized spacial score (nSPS) is 11.5. The number of hydrogen-bond acceptors (Lipinski definition) is 5. The first-order valence-electron chi connectivity index (χ1n) is 8.46. The summed E-state index contributed by atoms with van der Waals surface area (Å²) in [5, 5.41) is 5.03. The van der Waals surface area contributed by atoms with Crippen molar-refractivity contribution in [2.75, 3.05) is 19.7 Å². The lowest BCUT2D eigenvalue weighted by atomic mass is 10.2. The summed E-state index contributed by atoms with van der Waals surface area (Å²) in [4.78, 5) is 14.2. The van der Waals surface area contributed by atoms with E-state index in [1.807, 2.05) is 18.2 Å². The number of carbonyl (C=O) groups is 1. The van der Waals surface area contributed by atoms with Gasteiger partial charge < -0.3 is 4.74 Å². The van der Waals surface area contributed by atoms with Gasteiger partial charge in [0.05, 0.1) is 17.1 Å². The van der Waals surface area contributed by atoms with Gasteiger partial charge in [-0.3, -0.25) is 4.90 Å². The first kappa shape index (κ1) is 20.1. The molecule has 2 aromatic rings. The van der Waals surface area contributed by atoms with Crippen LogP contribution >= 0.6 is 0 Å². The molecule has 2 rings (SSSR count). The molecule has 2 N–H and O–H groups in total. The molecular formula is C19H24N2O4S. The Balaban J connectivity index is 1.77. The predicted octanol–water partition coefficient (Wildman–Crippen LogP) is 2.40. The fourth-order valence-electron chi connectivity index (χ4n) is 2.51. The Morgan fingerprint density at radius 3 is 2.31 bits per heavy atom. The largest absolute Gasteiger partial charge is 0.462 e. The standard InChI is InChI=1S/C19H24N2O4S/c1-2-21(15-16-7-4-3-5-8-16)13-6-14-25-19(22)17-9-11-18(12-10-17)26(20,23)24/h3-5,7-12H,2,6,13-15H2,1H3,(H2,20,23,24). The number of esters is 1. The number of sulfonamides is 1. The van der Waals surface area contributed by atoms with Crippen LogP contribution in [0.5, 0.6) is 0 Å². The van der Waals surface area contributed by atoms with Gasteiger partial charge >= 0.3 is 5.97 Å². The minimum atomic E-state index is -3.76. The number of rotatable bonds is 9. The highest BCUT2D eigenvalue weighted by Gasteiger charge is 2.11. The van der Waals surface area contributed by atoms with E-state index in [-0.39, 0.29) is 4.90 Å². The van der Waals surface area contributed by atoms with Crippen molar-refractivity contribution in [2.24, 2.45) is 5.14 Å². The second-order valence-electron chi connectivity index (χ2n) is 5.91. The molecule has 6 nitrogen and oxygen atoms in total. The van der Waals surface area contributed by atoms with Crippen molar-refractivity contribution in [1.82, 2.24) is 4.90 Å².